The predicted molar refractivity (Wildman–Crippen MR) is 50.3 cm³/mol. The van der Waals surface area contributed by atoms with Crippen molar-refractivity contribution >= 4 is 0 Å². The minimum atomic E-state index is -4.07. The van der Waals surface area contributed by atoms with E-state index >= 15 is 0 Å². The Morgan fingerprint density at radius 3 is 1.87 bits per heavy atom. The fourth-order valence-corrected chi connectivity index (χ4v) is 2.80. The molecule has 15 heavy (non-hydrogen) atoms. The molecule has 0 aromatic rings. The Hall–Kier alpha value is -0.250. The molecule has 0 bridgehead atoms. The fraction of sp³-hybridized carbons (Fsp3) is 1.00. The molecule has 0 radical (unpaired) electrons. The van der Waals surface area contributed by atoms with Crippen molar-refractivity contribution < 1.29 is 18.3 Å². The van der Waals surface area contributed by atoms with Gasteiger partial charge >= 0.3 is 6.18 Å². The van der Waals surface area contributed by atoms with Crippen LogP contribution >= 0.6 is 0 Å². The molecule has 2 fully saturated rings. The van der Waals surface area contributed by atoms with Gasteiger partial charge in [-0.1, -0.05) is 6.42 Å². The molecule has 0 aliphatic heterocycles. The molecule has 0 amide bonds. The maximum absolute atomic E-state index is 12.4. The molecule has 0 spiro atoms. The third-order valence-electron chi connectivity index (χ3n) is 4.18. The standard InChI is InChI=1S/C11H17F3O/c12-11(13,14)9-4-6-10(15,7-5-9)8-2-1-3-8/h8-9,15H,1-7H2. The van der Waals surface area contributed by atoms with Crippen molar-refractivity contribution in [1.82, 2.24) is 0 Å². The summed E-state index contributed by atoms with van der Waals surface area (Å²) in [4.78, 5) is 0. The van der Waals surface area contributed by atoms with Crippen LogP contribution in [0.15, 0.2) is 0 Å². The Bertz CT molecular complexity index is 224. The number of hydrogen-bond acceptors (Lipinski definition) is 1. The average Bonchev–Trinajstić information content (AvgIpc) is 1.98. The largest absolute Gasteiger partial charge is 0.391 e. The van der Waals surface area contributed by atoms with Crippen molar-refractivity contribution in [1.29, 1.82) is 0 Å². The molecule has 1 N–H and O–H groups in total. The lowest BCUT2D eigenvalue weighted by molar-refractivity contribution is -0.198. The van der Waals surface area contributed by atoms with E-state index in [0.717, 1.165) is 19.3 Å². The van der Waals surface area contributed by atoms with Crippen LogP contribution in [0, 0.1) is 11.8 Å². The van der Waals surface area contributed by atoms with Gasteiger partial charge in [-0.25, -0.2) is 0 Å². The summed E-state index contributed by atoms with van der Waals surface area (Å²) in [5, 5.41) is 10.2. The summed E-state index contributed by atoms with van der Waals surface area (Å²) in [5.41, 5.74) is -0.778. The summed E-state index contributed by atoms with van der Waals surface area (Å²) in [6, 6.07) is 0. The van der Waals surface area contributed by atoms with Gasteiger partial charge in [-0.2, -0.15) is 13.2 Å². The van der Waals surface area contributed by atoms with Crippen LogP contribution in [0.5, 0.6) is 0 Å². The van der Waals surface area contributed by atoms with E-state index in [1.807, 2.05) is 0 Å². The van der Waals surface area contributed by atoms with E-state index in [1.165, 1.54) is 0 Å². The van der Waals surface area contributed by atoms with Gasteiger partial charge in [0.25, 0.3) is 0 Å². The van der Waals surface area contributed by atoms with Gasteiger partial charge in [0.15, 0.2) is 0 Å². The zero-order valence-electron chi connectivity index (χ0n) is 8.69. The summed E-state index contributed by atoms with van der Waals surface area (Å²) in [6.45, 7) is 0. The lowest BCUT2D eigenvalue weighted by Crippen LogP contribution is -2.46. The Morgan fingerprint density at radius 2 is 1.53 bits per heavy atom. The highest BCUT2D eigenvalue weighted by Crippen LogP contribution is 2.48. The van der Waals surface area contributed by atoms with E-state index in [-0.39, 0.29) is 18.8 Å². The number of aliphatic hydroxyl groups is 1. The average molecular weight is 222 g/mol. The number of rotatable bonds is 1. The molecule has 0 aromatic carbocycles. The molecule has 0 atom stereocenters. The summed E-state index contributed by atoms with van der Waals surface area (Å²) in [5.74, 6) is -0.912. The third kappa shape index (κ3) is 2.14. The van der Waals surface area contributed by atoms with Gasteiger partial charge in [0.05, 0.1) is 11.5 Å². The Balaban J connectivity index is 1.91. The van der Waals surface area contributed by atoms with Gasteiger partial charge in [0.2, 0.25) is 0 Å². The van der Waals surface area contributed by atoms with Crippen LogP contribution in [-0.4, -0.2) is 16.9 Å². The monoisotopic (exact) mass is 222 g/mol. The van der Waals surface area contributed by atoms with E-state index in [1.54, 1.807) is 0 Å². The molecule has 2 rings (SSSR count). The lowest BCUT2D eigenvalue weighted by atomic mass is 9.65. The molecule has 2 aliphatic carbocycles. The molecule has 4 heteroatoms. The van der Waals surface area contributed by atoms with E-state index in [4.69, 9.17) is 0 Å². The lowest BCUT2D eigenvalue weighted by Gasteiger charge is -2.45. The van der Waals surface area contributed by atoms with Gasteiger partial charge < -0.3 is 5.11 Å². The highest BCUT2D eigenvalue weighted by atomic mass is 19.4. The first-order chi connectivity index (χ1) is 6.92. The Kier molecular flexibility index (Phi) is 2.73. The zero-order valence-corrected chi connectivity index (χ0v) is 8.69. The third-order valence-corrected chi connectivity index (χ3v) is 4.18. The van der Waals surface area contributed by atoms with Gasteiger partial charge in [0.1, 0.15) is 0 Å². The topological polar surface area (TPSA) is 20.2 Å². The van der Waals surface area contributed by atoms with Crippen LogP contribution in [0.25, 0.3) is 0 Å². The van der Waals surface area contributed by atoms with Gasteiger partial charge in [-0.3, -0.25) is 0 Å². The van der Waals surface area contributed by atoms with E-state index in [2.05, 4.69) is 0 Å². The summed E-state index contributed by atoms with van der Waals surface area (Å²) >= 11 is 0. The van der Waals surface area contributed by atoms with Crippen LogP contribution < -0.4 is 0 Å². The molecule has 88 valence electrons. The molecular formula is C11H17F3O. The first kappa shape index (κ1) is 11.2. The summed E-state index contributed by atoms with van der Waals surface area (Å²) in [6.07, 6.45) is -0.0757. The second kappa shape index (κ2) is 3.65. The van der Waals surface area contributed by atoms with Gasteiger partial charge in [-0.05, 0) is 44.4 Å². The van der Waals surface area contributed by atoms with Crippen LogP contribution in [0.1, 0.15) is 44.9 Å². The molecule has 2 saturated carbocycles. The molecule has 2 aliphatic rings. The van der Waals surface area contributed by atoms with Crippen molar-refractivity contribution in [2.24, 2.45) is 11.8 Å². The van der Waals surface area contributed by atoms with Crippen molar-refractivity contribution in [2.45, 2.75) is 56.7 Å². The highest BCUT2D eigenvalue weighted by molar-refractivity contribution is 4.95. The molecule has 0 aromatic heterocycles. The molecular weight excluding hydrogens is 205 g/mol. The highest BCUT2D eigenvalue weighted by Gasteiger charge is 2.48. The van der Waals surface area contributed by atoms with Crippen LogP contribution in [-0.2, 0) is 0 Å². The van der Waals surface area contributed by atoms with Crippen molar-refractivity contribution in [3.8, 4) is 0 Å². The van der Waals surface area contributed by atoms with Crippen molar-refractivity contribution in [3.05, 3.63) is 0 Å². The van der Waals surface area contributed by atoms with Gasteiger partial charge in [0, 0.05) is 0 Å². The second-order valence-corrected chi connectivity index (χ2v) is 5.05. The molecule has 0 unspecified atom stereocenters. The van der Waals surface area contributed by atoms with Gasteiger partial charge in [-0.15, -0.1) is 0 Å². The van der Waals surface area contributed by atoms with Crippen LogP contribution in [0.2, 0.25) is 0 Å². The van der Waals surface area contributed by atoms with E-state index < -0.39 is 17.7 Å². The van der Waals surface area contributed by atoms with Crippen molar-refractivity contribution in [3.63, 3.8) is 0 Å². The summed E-state index contributed by atoms with van der Waals surface area (Å²) in [7, 11) is 0. The fourth-order valence-electron chi connectivity index (χ4n) is 2.80. The quantitative estimate of drug-likeness (QED) is 0.722. The first-order valence-electron chi connectivity index (χ1n) is 5.71. The number of hydrogen-bond donors (Lipinski definition) is 1. The smallest absolute Gasteiger partial charge is 0.390 e. The van der Waals surface area contributed by atoms with E-state index in [0.29, 0.717) is 12.8 Å². The number of halogens is 3. The maximum Gasteiger partial charge on any atom is 0.391 e. The van der Waals surface area contributed by atoms with Crippen LogP contribution in [0.4, 0.5) is 13.2 Å². The molecule has 0 saturated heterocycles. The SMILES string of the molecule is OC1(C2CCC2)CCC(C(F)(F)F)CC1. The minimum Gasteiger partial charge on any atom is -0.390 e. The Labute approximate surface area is 87.7 Å². The zero-order chi connectivity index (χ0) is 11.1. The molecule has 0 heterocycles. The number of alkyl halides is 3. The predicted octanol–water partition coefficient (Wildman–Crippen LogP) is 3.27. The minimum absolute atomic E-state index is 0.108. The van der Waals surface area contributed by atoms with Crippen molar-refractivity contribution in [2.75, 3.05) is 0 Å². The summed E-state index contributed by atoms with van der Waals surface area (Å²) < 4.78 is 37.2. The van der Waals surface area contributed by atoms with Crippen LogP contribution in [0.3, 0.4) is 0 Å². The second-order valence-electron chi connectivity index (χ2n) is 5.05. The van der Waals surface area contributed by atoms with E-state index in [9.17, 15) is 18.3 Å². The Morgan fingerprint density at radius 1 is 1.00 bits per heavy atom. The first-order valence-corrected chi connectivity index (χ1v) is 5.71. The molecule has 1 nitrogen and oxygen atoms in total. The normalized spacial score (nSPS) is 38.8. The maximum atomic E-state index is 12.4.